The number of hydrogen-bond donors (Lipinski definition) is 1. The molecule has 1 saturated carbocycles. The molecule has 0 saturated heterocycles. The molecule has 0 aromatic heterocycles. The number of nitrogens with two attached hydrogens (primary N) is 1. The zero-order valence-electron chi connectivity index (χ0n) is 12.9. The topological polar surface area (TPSA) is 63.4 Å². The number of sulfonamides is 1. The Bertz CT molecular complexity index is 379. The van der Waals surface area contributed by atoms with Crippen LogP contribution < -0.4 is 5.73 Å². The minimum atomic E-state index is -3.24. The molecule has 0 aromatic rings. The highest BCUT2D eigenvalue weighted by Gasteiger charge is 2.44. The lowest BCUT2D eigenvalue weighted by atomic mass is 9.98. The molecule has 1 fully saturated rings. The van der Waals surface area contributed by atoms with Crippen molar-refractivity contribution < 1.29 is 8.42 Å². The van der Waals surface area contributed by atoms with Crippen LogP contribution in [-0.2, 0) is 10.0 Å². The van der Waals surface area contributed by atoms with Gasteiger partial charge >= 0.3 is 0 Å². The molecule has 1 aliphatic carbocycles. The highest BCUT2D eigenvalue weighted by atomic mass is 32.2. The van der Waals surface area contributed by atoms with Gasteiger partial charge in [0.25, 0.3) is 0 Å². The Kier molecular flexibility index (Phi) is 5.43. The first-order valence-electron chi connectivity index (χ1n) is 7.37. The molecule has 1 aliphatic rings. The molecule has 0 unspecified atom stereocenters. The first kappa shape index (κ1) is 16.9. The van der Waals surface area contributed by atoms with Crippen molar-refractivity contribution in [3.05, 3.63) is 0 Å². The molecule has 0 radical (unpaired) electrons. The fourth-order valence-corrected chi connectivity index (χ4v) is 5.65. The van der Waals surface area contributed by atoms with Crippen LogP contribution in [0.15, 0.2) is 0 Å². The average Bonchev–Trinajstić information content (AvgIpc) is 2.71. The first-order chi connectivity index (χ1) is 8.67. The SMILES string of the molecule is CCCN(C1(CN)CCCC1)S(=O)(=O)CC(C)(C)C. The minimum absolute atomic E-state index is 0.196. The van der Waals surface area contributed by atoms with Crippen LogP contribution in [0.1, 0.15) is 59.8 Å². The summed E-state index contributed by atoms with van der Waals surface area (Å²) in [4.78, 5) is 0. The van der Waals surface area contributed by atoms with Crippen LogP contribution in [-0.4, -0.2) is 37.1 Å². The van der Waals surface area contributed by atoms with Gasteiger partial charge in [-0.1, -0.05) is 40.5 Å². The Morgan fingerprint density at radius 2 is 1.74 bits per heavy atom. The number of hydrogen-bond acceptors (Lipinski definition) is 3. The highest BCUT2D eigenvalue weighted by molar-refractivity contribution is 7.89. The molecular formula is C14H30N2O2S. The maximum absolute atomic E-state index is 12.8. The van der Waals surface area contributed by atoms with E-state index in [9.17, 15) is 8.42 Å². The van der Waals surface area contributed by atoms with Gasteiger partial charge in [-0.2, -0.15) is 4.31 Å². The molecule has 0 aliphatic heterocycles. The van der Waals surface area contributed by atoms with E-state index in [2.05, 4.69) is 0 Å². The quantitative estimate of drug-likeness (QED) is 0.816. The Hall–Kier alpha value is -0.130. The molecule has 0 atom stereocenters. The minimum Gasteiger partial charge on any atom is -0.329 e. The van der Waals surface area contributed by atoms with Gasteiger partial charge in [0.05, 0.1) is 5.75 Å². The molecule has 0 spiro atoms. The molecule has 1 rings (SSSR count). The maximum atomic E-state index is 12.8. The van der Waals surface area contributed by atoms with Gasteiger partial charge in [-0.25, -0.2) is 8.42 Å². The van der Waals surface area contributed by atoms with Crippen molar-refractivity contribution in [2.45, 2.75) is 65.3 Å². The molecule has 2 N–H and O–H groups in total. The van der Waals surface area contributed by atoms with Crippen molar-refractivity contribution in [3.8, 4) is 0 Å². The molecule has 114 valence electrons. The van der Waals surface area contributed by atoms with Crippen molar-refractivity contribution in [3.63, 3.8) is 0 Å². The monoisotopic (exact) mass is 290 g/mol. The summed E-state index contributed by atoms with van der Waals surface area (Å²) in [6.07, 6.45) is 4.83. The zero-order valence-corrected chi connectivity index (χ0v) is 13.7. The van der Waals surface area contributed by atoms with Crippen LogP contribution in [0.5, 0.6) is 0 Å². The second-order valence-electron chi connectivity index (χ2n) is 7.02. The Labute approximate surface area is 118 Å². The molecule has 4 nitrogen and oxygen atoms in total. The maximum Gasteiger partial charge on any atom is 0.215 e. The van der Waals surface area contributed by atoms with Crippen LogP contribution in [0.25, 0.3) is 0 Å². The molecule has 0 aromatic carbocycles. The standard InChI is InChI=1S/C14H30N2O2S/c1-5-10-16(14(11-15)8-6-7-9-14)19(17,18)12-13(2,3)4/h5-12,15H2,1-4H3. The van der Waals surface area contributed by atoms with Crippen molar-refractivity contribution in [2.24, 2.45) is 11.1 Å². The van der Waals surface area contributed by atoms with E-state index in [4.69, 9.17) is 5.73 Å². The third-order valence-corrected chi connectivity index (χ3v) is 6.29. The summed E-state index contributed by atoms with van der Waals surface area (Å²) in [6, 6.07) is 0. The summed E-state index contributed by atoms with van der Waals surface area (Å²) in [5.41, 5.74) is 5.41. The third kappa shape index (κ3) is 4.17. The Morgan fingerprint density at radius 3 is 2.11 bits per heavy atom. The summed E-state index contributed by atoms with van der Waals surface area (Å²) in [5.74, 6) is 0.196. The predicted molar refractivity (Wildman–Crippen MR) is 80.5 cm³/mol. The molecule has 19 heavy (non-hydrogen) atoms. The normalized spacial score (nSPS) is 20.1. The second-order valence-corrected chi connectivity index (χ2v) is 8.92. The van der Waals surface area contributed by atoms with Crippen molar-refractivity contribution in [2.75, 3.05) is 18.8 Å². The number of rotatable bonds is 6. The first-order valence-corrected chi connectivity index (χ1v) is 8.98. The highest BCUT2D eigenvalue weighted by Crippen LogP contribution is 2.37. The van der Waals surface area contributed by atoms with E-state index in [0.29, 0.717) is 13.1 Å². The van der Waals surface area contributed by atoms with E-state index in [0.717, 1.165) is 32.1 Å². The lowest BCUT2D eigenvalue weighted by molar-refractivity contribution is 0.195. The summed E-state index contributed by atoms with van der Waals surface area (Å²) >= 11 is 0. The van der Waals surface area contributed by atoms with Crippen molar-refractivity contribution in [1.29, 1.82) is 0 Å². The smallest absolute Gasteiger partial charge is 0.215 e. The van der Waals surface area contributed by atoms with E-state index in [-0.39, 0.29) is 16.7 Å². The summed E-state index contributed by atoms with van der Waals surface area (Å²) < 4.78 is 27.2. The van der Waals surface area contributed by atoms with Gasteiger partial charge in [-0.15, -0.1) is 0 Å². The third-order valence-electron chi connectivity index (χ3n) is 3.82. The van der Waals surface area contributed by atoms with Crippen LogP contribution in [0.2, 0.25) is 0 Å². The van der Waals surface area contributed by atoms with Crippen LogP contribution >= 0.6 is 0 Å². The Morgan fingerprint density at radius 1 is 1.21 bits per heavy atom. The molecule has 5 heteroatoms. The molecule has 0 amide bonds. The fraction of sp³-hybridized carbons (Fsp3) is 1.00. The lowest BCUT2D eigenvalue weighted by Gasteiger charge is -2.40. The fourth-order valence-electron chi connectivity index (χ4n) is 3.09. The van der Waals surface area contributed by atoms with E-state index >= 15 is 0 Å². The molecular weight excluding hydrogens is 260 g/mol. The summed E-state index contributed by atoms with van der Waals surface area (Å²) in [7, 11) is -3.24. The molecule has 0 heterocycles. The van der Waals surface area contributed by atoms with Gasteiger partial charge in [-0.05, 0) is 24.7 Å². The zero-order chi connectivity index (χ0) is 14.7. The molecule has 0 bridgehead atoms. The second kappa shape index (κ2) is 6.10. The summed E-state index contributed by atoms with van der Waals surface area (Å²) in [5, 5.41) is 0. The van der Waals surface area contributed by atoms with Gasteiger partial charge in [-0.3, -0.25) is 0 Å². The van der Waals surface area contributed by atoms with Crippen LogP contribution in [0.4, 0.5) is 0 Å². The van der Waals surface area contributed by atoms with Crippen molar-refractivity contribution >= 4 is 10.0 Å². The van der Waals surface area contributed by atoms with Crippen LogP contribution in [0, 0.1) is 5.41 Å². The van der Waals surface area contributed by atoms with Crippen LogP contribution in [0.3, 0.4) is 0 Å². The largest absolute Gasteiger partial charge is 0.329 e. The Balaban J connectivity index is 3.05. The van der Waals surface area contributed by atoms with E-state index in [1.54, 1.807) is 4.31 Å². The lowest BCUT2D eigenvalue weighted by Crippen LogP contribution is -2.56. The van der Waals surface area contributed by atoms with E-state index < -0.39 is 10.0 Å². The van der Waals surface area contributed by atoms with E-state index in [1.165, 1.54) is 0 Å². The van der Waals surface area contributed by atoms with Gasteiger partial charge in [0.2, 0.25) is 10.0 Å². The van der Waals surface area contributed by atoms with Crippen molar-refractivity contribution in [1.82, 2.24) is 4.31 Å². The van der Waals surface area contributed by atoms with Gasteiger partial charge in [0.15, 0.2) is 0 Å². The van der Waals surface area contributed by atoms with E-state index in [1.807, 2.05) is 27.7 Å². The summed E-state index contributed by atoms with van der Waals surface area (Å²) in [6.45, 7) is 8.97. The predicted octanol–water partition coefficient (Wildman–Crippen LogP) is 2.35. The average molecular weight is 290 g/mol. The van der Waals surface area contributed by atoms with Gasteiger partial charge in [0, 0.05) is 18.6 Å². The number of nitrogens with zero attached hydrogens (tertiary/aromatic N) is 1. The van der Waals surface area contributed by atoms with Gasteiger partial charge in [0.1, 0.15) is 0 Å². The van der Waals surface area contributed by atoms with Gasteiger partial charge < -0.3 is 5.73 Å².